The Labute approximate surface area is 122 Å². The van der Waals surface area contributed by atoms with Gasteiger partial charge < -0.3 is 14.9 Å². The SMILES string of the molecule is CCOC1CC(NS(=O)(=O)c2ccc(O)c(C(=O)O)c2)C1. The second-order valence-electron chi connectivity index (χ2n) is 4.85. The van der Waals surface area contributed by atoms with E-state index in [9.17, 15) is 18.3 Å². The van der Waals surface area contributed by atoms with Gasteiger partial charge in [-0.2, -0.15) is 0 Å². The lowest BCUT2D eigenvalue weighted by Gasteiger charge is -2.35. The van der Waals surface area contributed by atoms with Gasteiger partial charge >= 0.3 is 5.97 Å². The summed E-state index contributed by atoms with van der Waals surface area (Å²) in [5, 5.41) is 18.3. The zero-order chi connectivity index (χ0) is 15.6. The first-order valence-electron chi connectivity index (χ1n) is 6.53. The number of ether oxygens (including phenoxy) is 1. The Bertz CT molecular complexity index is 636. The van der Waals surface area contributed by atoms with E-state index in [4.69, 9.17) is 9.84 Å². The summed E-state index contributed by atoms with van der Waals surface area (Å²) in [6, 6.07) is 2.96. The molecular formula is C13H17NO6S. The smallest absolute Gasteiger partial charge is 0.339 e. The van der Waals surface area contributed by atoms with Crippen molar-refractivity contribution in [1.29, 1.82) is 0 Å². The van der Waals surface area contributed by atoms with Crippen LogP contribution in [-0.2, 0) is 14.8 Å². The number of carbonyl (C=O) groups is 1. The molecule has 1 aliphatic carbocycles. The average molecular weight is 315 g/mol. The largest absolute Gasteiger partial charge is 0.507 e. The lowest BCUT2D eigenvalue weighted by molar-refractivity contribution is -0.00476. The van der Waals surface area contributed by atoms with Crippen molar-refractivity contribution in [2.45, 2.75) is 36.8 Å². The van der Waals surface area contributed by atoms with Crippen molar-refractivity contribution in [1.82, 2.24) is 4.72 Å². The summed E-state index contributed by atoms with van der Waals surface area (Å²) >= 11 is 0. The number of carboxylic acid groups (broad SMARTS) is 1. The van der Waals surface area contributed by atoms with E-state index in [2.05, 4.69) is 4.72 Å². The molecule has 0 heterocycles. The number of hydrogen-bond acceptors (Lipinski definition) is 5. The molecule has 1 aliphatic rings. The predicted octanol–water partition coefficient (Wildman–Crippen LogP) is 0.936. The number of nitrogens with one attached hydrogen (secondary N) is 1. The molecular weight excluding hydrogens is 298 g/mol. The normalized spacial score (nSPS) is 21.8. The molecule has 0 atom stereocenters. The molecule has 0 aliphatic heterocycles. The highest BCUT2D eigenvalue weighted by Crippen LogP contribution is 2.26. The molecule has 1 saturated carbocycles. The highest BCUT2D eigenvalue weighted by atomic mass is 32.2. The minimum absolute atomic E-state index is 0.0668. The maximum absolute atomic E-state index is 12.2. The van der Waals surface area contributed by atoms with Gasteiger partial charge in [-0.15, -0.1) is 0 Å². The number of benzene rings is 1. The highest BCUT2D eigenvalue weighted by molar-refractivity contribution is 7.89. The van der Waals surface area contributed by atoms with E-state index in [1.165, 1.54) is 6.07 Å². The quantitative estimate of drug-likeness (QED) is 0.720. The van der Waals surface area contributed by atoms with E-state index in [-0.39, 0.29) is 17.0 Å². The van der Waals surface area contributed by atoms with Crippen LogP contribution in [0.3, 0.4) is 0 Å². The van der Waals surface area contributed by atoms with Crippen molar-refractivity contribution < 1.29 is 28.2 Å². The van der Waals surface area contributed by atoms with Crippen molar-refractivity contribution in [3.63, 3.8) is 0 Å². The molecule has 1 aromatic rings. The summed E-state index contributed by atoms with van der Waals surface area (Å²) in [7, 11) is -3.81. The molecule has 0 spiro atoms. The van der Waals surface area contributed by atoms with Crippen LogP contribution in [0.5, 0.6) is 5.75 Å². The van der Waals surface area contributed by atoms with Crippen LogP contribution in [0, 0.1) is 0 Å². The monoisotopic (exact) mass is 315 g/mol. The number of phenols is 1. The molecule has 0 amide bonds. The number of sulfonamides is 1. The third-order valence-corrected chi connectivity index (χ3v) is 4.85. The minimum Gasteiger partial charge on any atom is -0.507 e. The fraction of sp³-hybridized carbons (Fsp3) is 0.462. The van der Waals surface area contributed by atoms with Gasteiger partial charge in [-0.1, -0.05) is 0 Å². The zero-order valence-corrected chi connectivity index (χ0v) is 12.3. The van der Waals surface area contributed by atoms with E-state index >= 15 is 0 Å². The third kappa shape index (κ3) is 3.52. The van der Waals surface area contributed by atoms with E-state index in [1.54, 1.807) is 0 Å². The van der Waals surface area contributed by atoms with Gasteiger partial charge in [-0.3, -0.25) is 0 Å². The number of hydrogen-bond donors (Lipinski definition) is 3. The Balaban J connectivity index is 2.10. The van der Waals surface area contributed by atoms with Crippen molar-refractivity contribution in [3.8, 4) is 5.75 Å². The summed E-state index contributed by atoms with van der Waals surface area (Å²) in [5.41, 5.74) is -0.446. The first-order valence-corrected chi connectivity index (χ1v) is 8.02. The molecule has 3 N–H and O–H groups in total. The fourth-order valence-electron chi connectivity index (χ4n) is 2.17. The van der Waals surface area contributed by atoms with E-state index < -0.39 is 27.3 Å². The van der Waals surface area contributed by atoms with Gasteiger partial charge in [0.25, 0.3) is 0 Å². The van der Waals surface area contributed by atoms with Gasteiger partial charge in [-0.05, 0) is 38.0 Å². The number of aromatic hydroxyl groups is 1. The van der Waals surface area contributed by atoms with Crippen LogP contribution < -0.4 is 4.72 Å². The fourth-order valence-corrected chi connectivity index (χ4v) is 3.46. The van der Waals surface area contributed by atoms with Gasteiger partial charge in [0.1, 0.15) is 11.3 Å². The Kier molecular flexibility index (Phi) is 4.50. The van der Waals surface area contributed by atoms with Crippen molar-refractivity contribution in [3.05, 3.63) is 23.8 Å². The molecule has 2 rings (SSSR count). The van der Waals surface area contributed by atoms with Crippen LogP contribution >= 0.6 is 0 Å². The molecule has 116 valence electrons. The number of aromatic carboxylic acids is 1. The van der Waals surface area contributed by atoms with Gasteiger partial charge in [0.05, 0.1) is 11.0 Å². The standard InChI is InChI=1S/C13H17NO6S/c1-2-20-9-5-8(6-9)14-21(18,19)10-3-4-12(15)11(7-10)13(16)17/h3-4,7-9,14-15H,2,5-6H2,1H3,(H,16,17). The van der Waals surface area contributed by atoms with Crippen molar-refractivity contribution in [2.24, 2.45) is 0 Å². The van der Waals surface area contributed by atoms with Crippen molar-refractivity contribution in [2.75, 3.05) is 6.61 Å². The summed E-state index contributed by atoms with van der Waals surface area (Å²) in [6.07, 6.45) is 1.26. The topological polar surface area (TPSA) is 113 Å². The molecule has 0 unspecified atom stereocenters. The first kappa shape index (κ1) is 15.7. The van der Waals surface area contributed by atoms with E-state index in [0.29, 0.717) is 19.4 Å². The van der Waals surface area contributed by atoms with Crippen LogP contribution in [0.4, 0.5) is 0 Å². The molecule has 1 aromatic carbocycles. The Hall–Kier alpha value is -1.64. The van der Waals surface area contributed by atoms with Crippen LogP contribution in [-0.4, -0.2) is 43.4 Å². The molecule has 1 fully saturated rings. The van der Waals surface area contributed by atoms with Crippen molar-refractivity contribution >= 4 is 16.0 Å². The van der Waals surface area contributed by atoms with Gasteiger partial charge in [0, 0.05) is 12.6 Å². The molecule has 0 radical (unpaired) electrons. The van der Waals surface area contributed by atoms with Gasteiger partial charge in [0.2, 0.25) is 10.0 Å². The maximum atomic E-state index is 12.2. The van der Waals surface area contributed by atoms with Crippen LogP contribution in [0.1, 0.15) is 30.1 Å². The summed E-state index contributed by atoms with van der Waals surface area (Å²) in [5.74, 6) is -1.86. The Morgan fingerprint density at radius 3 is 2.67 bits per heavy atom. The molecule has 0 aromatic heterocycles. The highest BCUT2D eigenvalue weighted by Gasteiger charge is 2.33. The number of rotatable bonds is 6. The second-order valence-corrected chi connectivity index (χ2v) is 6.57. The maximum Gasteiger partial charge on any atom is 0.339 e. The molecule has 7 nitrogen and oxygen atoms in total. The van der Waals surface area contributed by atoms with E-state index in [0.717, 1.165) is 12.1 Å². The molecule has 21 heavy (non-hydrogen) atoms. The van der Waals surface area contributed by atoms with Crippen LogP contribution in [0.25, 0.3) is 0 Å². The number of carboxylic acids is 1. The second kappa shape index (κ2) is 6.00. The molecule has 0 bridgehead atoms. The minimum atomic E-state index is -3.81. The van der Waals surface area contributed by atoms with Gasteiger partial charge in [-0.25, -0.2) is 17.9 Å². The molecule has 8 heteroatoms. The summed E-state index contributed by atoms with van der Waals surface area (Å²) in [6.45, 7) is 2.46. The lowest BCUT2D eigenvalue weighted by atomic mass is 9.90. The van der Waals surface area contributed by atoms with Gasteiger partial charge in [0.15, 0.2) is 0 Å². The summed E-state index contributed by atoms with van der Waals surface area (Å²) in [4.78, 5) is 10.7. The predicted molar refractivity (Wildman–Crippen MR) is 73.8 cm³/mol. The third-order valence-electron chi connectivity index (χ3n) is 3.33. The summed E-state index contributed by atoms with van der Waals surface area (Å²) < 4.78 is 32.2. The Morgan fingerprint density at radius 1 is 1.43 bits per heavy atom. The van der Waals surface area contributed by atoms with Crippen LogP contribution in [0.2, 0.25) is 0 Å². The average Bonchev–Trinajstić information content (AvgIpc) is 2.36. The molecule has 0 saturated heterocycles. The lowest BCUT2D eigenvalue weighted by Crippen LogP contribution is -2.47. The zero-order valence-electron chi connectivity index (χ0n) is 11.4. The van der Waals surface area contributed by atoms with Crippen LogP contribution in [0.15, 0.2) is 23.1 Å². The van der Waals surface area contributed by atoms with E-state index in [1.807, 2.05) is 6.92 Å². The first-order chi connectivity index (χ1) is 9.83. The Morgan fingerprint density at radius 2 is 2.10 bits per heavy atom.